The lowest BCUT2D eigenvalue weighted by atomic mass is 10.1. The van der Waals surface area contributed by atoms with Crippen LogP contribution in [-0.4, -0.2) is 19.1 Å². The van der Waals surface area contributed by atoms with E-state index in [1.807, 2.05) is 6.07 Å². The van der Waals surface area contributed by atoms with Crippen molar-refractivity contribution in [3.8, 4) is 22.8 Å². The molecule has 4 heteroatoms. The van der Waals surface area contributed by atoms with Gasteiger partial charge in [0.05, 0.1) is 27.8 Å². The maximum atomic E-state index is 5.39. The molecule has 5 aromatic carbocycles. The van der Waals surface area contributed by atoms with E-state index in [0.29, 0.717) is 0 Å². The molecule has 42 heavy (non-hydrogen) atoms. The smallest absolute Gasteiger partial charge is 0.148 e. The summed E-state index contributed by atoms with van der Waals surface area (Å²) in [6, 6.07) is 51.2. The molecule has 4 aromatic heterocycles. The number of hydrogen-bond donors (Lipinski definition) is 0. The van der Waals surface area contributed by atoms with Crippen molar-refractivity contribution in [2.24, 2.45) is 0 Å². The first-order chi connectivity index (χ1) is 20.8. The number of hydrogen-bond acceptors (Lipinski definition) is 2. The van der Waals surface area contributed by atoms with Gasteiger partial charge in [0.2, 0.25) is 0 Å². The first-order valence-electron chi connectivity index (χ1n) is 14.2. The number of rotatable bonds is 3. The number of fused-ring (bicyclic) bond motifs is 7. The largest absolute Gasteiger partial charge is 0.294 e. The van der Waals surface area contributed by atoms with Gasteiger partial charge in [-0.2, -0.15) is 0 Å². The zero-order valence-electron chi connectivity index (χ0n) is 22.6. The normalized spacial score (nSPS) is 11.8. The Balaban J connectivity index is 1.33. The van der Waals surface area contributed by atoms with Crippen LogP contribution in [0.5, 0.6) is 0 Å². The quantitative estimate of drug-likeness (QED) is 0.225. The van der Waals surface area contributed by atoms with Gasteiger partial charge in [-0.15, -0.1) is 0 Å². The first kappa shape index (κ1) is 23.0. The SMILES string of the molecule is c1ccc(-n2c3ccccc3c3ccc(-n4c5ccccc5c5ccc(-c6ccc7ccccc7n6)cc54)nc32)cc1. The van der Waals surface area contributed by atoms with Crippen molar-refractivity contribution < 1.29 is 0 Å². The molecule has 9 aromatic rings. The second-order valence-electron chi connectivity index (χ2n) is 10.7. The molecule has 0 saturated heterocycles. The van der Waals surface area contributed by atoms with Gasteiger partial charge in [0.1, 0.15) is 11.5 Å². The number of benzene rings is 5. The second kappa shape index (κ2) is 8.88. The Kier molecular flexibility index (Phi) is 4.87. The highest BCUT2D eigenvalue weighted by molar-refractivity contribution is 6.11. The maximum Gasteiger partial charge on any atom is 0.148 e. The summed E-state index contributed by atoms with van der Waals surface area (Å²) in [6.07, 6.45) is 0. The molecule has 0 unspecified atom stereocenters. The predicted octanol–water partition coefficient (Wildman–Crippen LogP) is 9.49. The van der Waals surface area contributed by atoms with E-state index < -0.39 is 0 Å². The van der Waals surface area contributed by atoms with Gasteiger partial charge in [0.25, 0.3) is 0 Å². The van der Waals surface area contributed by atoms with Gasteiger partial charge in [0.15, 0.2) is 0 Å². The van der Waals surface area contributed by atoms with Crippen LogP contribution in [0.4, 0.5) is 0 Å². The summed E-state index contributed by atoms with van der Waals surface area (Å²) >= 11 is 0. The molecule has 0 amide bonds. The fourth-order valence-corrected chi connectivity index (χ4v) is 6.40. The van der Waals surface area contributed by atoms with E-state index in [4.69, 9.17) is 9.97 Å². The first-order valence-corrected chi connectivity index (χ1v) is 14.2. The standard InChI is InChI=1S/C38H24N4/c1-2-11-27(12-3-1)41-34-16-8-6-14-29(34)31-21-23-37(40-38(31)41)42-35-17-9-5-13-28(35)30-20-18-26(24-36(30)42)33-22-19-25-10-4-7-15-32(25)39-33/h1-24H. The highest BCUT2D eigenvalue weighted by Gasteiger charge is 2.18. The zero-order chi connectivity index (χ0) is 27.6. The number of para-hydroxylation sites is 4. The highest BCUT2D eigenvalue weighted by Crippen LogP contribution is 2.36. The van der Waals surface area contributed by atoms with Crippen LogP contribution in [0.25, 0.3) is 77.4 Å². The monoisotopic (exact) mass is 536 g/mol. The molecule has 196 valence electrons. The number of nitrogens with zero attached hydrogens (tertiary/aromatic N) is 4. The van der Waals surface area contributed by atoms with Crippen molar-refractivity contribution in [1.29, 1.82) is 0 Å². The van der Waals surface area contributed by atoms with Crippen LogP contribution in [0.15, 0.2) is 146 Å². The Morgan fingerprint density at radius 2 is 1.10 bits per heavy atom. The summed E-state index contributed by atoms with van der Waals surface area (Å²) in [5, 5.41) is 5.88. The van der Waals surface area contributed by atoms with Crippen molar-refractivity contribution >= 4 is 54.6 Å². The van der Waals surface area contributed by atoms with Crippen molar-refractivity contribution in [1.82, 2.24) is 19.1 Å². The highest BCUT2D eigenvalue weighted by atomic mass is 15.1. The molecule has 0 N–H and O–H groups in total. The average Bonchev–Trinajstić information content (AvgIpc) is 3.57. The van der Waals surface area contributed by atoms with Crippen molar-refractivity contribution in [3.05, 3.63) is 146 Å². The minimum Gasteiger partial charge on any atom is -0.294 e. The summed E-state index contributed by atoms with van der Waals surface area (Å²) in [5.74, 6) is 0.886. The Morgan fingerprint density at radius 1 is 0.429 bits per heavy atom. The van der Waals surface area contributed by atoms with E-state index in [1.165, 1.54) is 16.2 Å². The molecular weight excluding hydrogens is 512 g/mol. The summed E-state index contributed by atoms with van der Waals surface area (Å²) in [4.78, 5) is 10.4. The minimum atomic E-state index is 0.886. The third-order valence-corrected chi connectivity index (χ3v) is 8.32. The van der Waals surface area contributed by atoms with Crippen LogP contribution in [0.2, 0.25) is 0 Å². The van der Waals surface area contributed by atoms with Gasteiger partial charge < -0.3 is 0 Å². The Hall–Kier alpha value is -5.74. The van der Waals surface area contributed by atoms with Gasteiger partial charge >= 0.3 is 0 Å². The molecule has 0 atom stereocenters. The summed E-state index contributed by atoms with van der Waals surface area (Å²) in [7, 11) is 0. The maximum absolute atomic E-state index is 5.39. The second-order valence-corrected chi connectivity index (χ2v) is 10.7. The molecule has 4 heterocycles. The van der Waals surface area contributed by atoms with Crippen molar-refractivity contribution in [2.75, 3.05) is 0 Å². The summed E-state index contributed by atoms with van der Waals surface area (Å²) < 4.78 is 4.56. The van der Waals surface area contributed by atoms with Crippen LogP contribution < -0.4 is 0 Å². The van der Waals surface area contributed by atoms with Gasteiger partial charge in [0, 0.05) is 38.2 Å². The fourth-order valence-electron chi connectivity index (χ4n) is 6.40. The van der Waals surface area contributed by atoms with Gasteiger partial charge in [-0.3, -0.25) is 9.13 Å². The van der Waals surface area contributed by atoms with E-state index in [2.05, 4.69) is 149 Å². The zero-order valence-corrected chi connectivity index (χ0v) is 22.6. The van der Waals surface area contributed by atoms with E-state index in [-0.39, 0.29) is 0 Å². The van der Waals surface area contributed by atoms with Gasteiger partial charge in [-0.05, 0) is 54.6 Å². The van der Waals surface area contributed by atoms with E-state index in [0.717, 1.165) is 61.2 Å². The van der Waals surface area contributed by atoms with Crippen LogP contribution in [-0.2, 0) is 0 Å². The number of pyridine rings is 2. The van der Waals surface area contributed by atoms with Crippen molar-refractivity contribution in [2.45, 2.75) is 0 Å². The Bertz CT molecular complexity index is 2470. The van der Waals surface area contributed by atoms with Crippen LogP contribution in [0.3, 0.4) is 0 Å². The molecule has 0 spiro atoms. The van der Waals surface area contributed by atoms with Crippen LogP contribution in [0.1, 0.15) is 0 Å². The van der Waals surface area contributed by atoms with E-state index in [1.54, 1.807) is 0 Å². The predicted molar refractivity (Wildman–Crippen MR) is 174 cm³/mol. The summed E-state index contributed by atoms with van der Waals surface area (Å²) in [5.41, 5.74) is 8.46. The van der Waals surface area contributed by atoms with Gasteiger partial charge in [-0.1, -0.05) is 91.0 Å². The molecule has 0 aliphatic heterocycles. The molecular formula is C38H24N4. The lowest BCUT2D eigenvalue weighted by molar-refractivity contribution is 1.06. The molecule has 0 aliphatic rings. The molecule has 0 fully saturated rings. The minimum absolute atomic E-state index is 0.886. The van der Waals surface area contributed by atoms with Gasteiger partial charge in [-0.25, -0.2) is 9.97 Å². The molecule has 0 radical (unpaired) electrons. The van der Waals surface area contributed by atoms with E-state index in [9.17, 15) is 0 Å². The fraction of sp³-hybridized carbons (Fsp3) is 0. The topological polar surface area (TPSA) is 35.6 Å². The number of aromatic nitrogens is 4. The lowest BCUT2D eigenvalue weighted by Gasteiger charge is -2.11. The Labute approximate surface area is 241 Å². The van der Waals surface area contributed by atoms with Crippen LogP contribution in [0, 0.1) is 0 Å². The molecule has 0 saturated carbocycles. The molecule has 4 nitrogen and oxygen atoms in total. The summed E-state index contributed by atoms with van der Waals surface area (Å²) in [6.45, 7) is 0. The Morgan fingerprint density at radius 3 is 1.95 bits per heavy atom. The lowest BCUT2D eigenvalue weighted by Crippen LogP contribution is -2.00. The molecule has 0 bridgehead atoms. The van der Waals surface area contributed by atoms with Crippen molar-refractivity contribution in [3.63, 3.8) is 0 Å². The third kappa shape index (κ3) is 3.36. The third-order valence-electron chi connectivity index (χ3n) is 8.32. The average molecular weight is 537 g/mol. The van der Waals surface area contributed by atoms with E-state index >= 15 is 0 Å². The van der Waals surface area contributed by atoms with Crippen LogP contribution >= 0.6 is 0 Å². The molecule has 9 rings (SSSR count). The molecule has 0 aliphatic carbocycles.